The molecular formula is C36H60SiU. The van der Waals surface area contributed by atoms with Crippen molar-refractivity contribution in [3.63, 3.8) is 0 Å². The predicted molar refractivity (Wildman–Crippen MR) is 173 cm³/mol. The topological polar surface area (TPSA) is 0 Å². The van der Waals surface area contributed by atoms with Crippen molar-refractivity contribution < 1.29 is 31.1 Å². The fourth-order valence-electron chi connectivity index (χ4n) is 8.07. The number of hydrogen-bond donors (Lipinski definition) is 0. The van der Waals surface area contributed by atoms with Gasteiger partial charge in [0.15, 0.2) is 0 Å². The molecule has 38 heavy (non-hydrogen) atoms. The molecule has 2 aromatic rings. The first kappa shape index (κ1) is 39.6. The van der Waals surface area contributed by atoms with Crippen molar-refractivity contribution >= 4 is 8.07 Å². The van der Waals surface area contributed by atoms with Crippen molar-refractivity contribution in [1.29, 1.82) is 0 Å². The first-order valence-electron chi connectivity index (χ1n) is 14.1. The number of hydrogen-bond acceptors (Lipinski definition) is 0. The zero-order valence-electron chi connectivity index (χ0n) is 27.0. The summed E-state index contributed by atoms with van der Waals surface area (Å²) in [7, 11) is -1.26. The molecule has 2 aliphatic rings. The van der Waals surface area contributed by atoms with Crippen LogP contribution in [0.4, 0.5) is 0 Å². The van der Waals surface area contributed by atoms with Gasteiger partial charge in [-0.1, -0.05) is 80.6 Å². The standard InChI is InChI=1S/C20H40Si.2C7H7.2CH3.U/c1-11-12(2)16(6)19(15(11)5)21(9,10)20-17(7)13(3)14(4)18(20)8;2*1-7-5-3-2-4-6-7;;;/h11-20H,1-10H3;2*2-6H,1H2;2*1H3;/q;4*-1;+4. The molecule has 2 heteroatoms. The Labute approximate surface area is 265 Å². The van der Waals surface area contributed by atoms with Gasteiger partial charge in [-0.25, -0.2) is 0 Å². The van der Waals surface area contributed by atoms with Crippen LogP contribution < -0.4 is 0 Å². The smallest absolute Gasteiger partial charge is 0.358 e. The van der Waals surface area contributed by atoms with Gasteiger partial charge in [0.05, 0.1) is 8.07 Å². The van der Waals surface area contributed by atoms with E-state index >= 15 is 0 Å². The fraction of sp³-hybridized carbons (Fsp3) is 0.556. The summed E-state index contributed by atoms with van der Waals surface area (Å²) in [4.78, 5) is 0. The molecule has 8 atom stereocenters. The van der Waals surface area contributed by atoms with Crippen molar-refractivity contribution in [1.82, 2.24) is 0 Å². The summed E-state index contributed by atoms with van der Waals surface area (Å²) in [6.45, 7) is 33.3. The minimum atomic E-state index is -1.26. The van der Waals surface area contributed by atoms with E-state index in [1.807, 2.05) is 60.7 Å². The third-order valence-corrected chi connectivity index (χ3v) is 16.2. The van der Waals surface area contributed by atoms with Crippen molar-refractivity contribution in [3.05, 3.63) is 100 Å². The van der Waals surface area contributed by atoms with E-state index in [1.165, 1.54) is 0 Å². The Kier molecular flexibility index (Phi) is 18.0. The maximum Gasteiger partial charge on any atom is 4.00 e. The van der Waals surface area contributed by atoms with Gasteiger partial charge in [-0.2, -0.15) is 49.2 Å². The van der Waals surface area contributed by atoms with Gasteiger partial charge in [-0.3, -0.25) is 0 Å². The molecule has 0 bridgehead atoms. The van der Waals surface area contributed by atoms with Crippen LogP contribution in [0.25, 0.3) is 0 Å². The van der Waals surface area contributed by atoms with E-state index in [1.54, 1.807) is 0 Å². The molecule has 0 radical (unpaired) electrons. The molecule has 0 aromatic heterocycles. The molecule has 212 valence electrons. The van der Waals surface area contributed by atoms with Gasteiger partial charge in [0, 0.05) is 0 Å². The largest absolute Gasteiger partial charge is 4.00 e. The van der Waals surface area contributed by atoms with Gasteiger partial charge < -0.3 is 14.9 Å². The van der Waals surface area contributed by atoms with E-state index in [9.17, 15) is 0 Å². The monoisotopic (exact) mass is 758 g/mol. The average molecular weight is 759 g/mol. The van der Waals surface area contributed by atoms with Gasteiger partial charge in [0.25, 0.3) is 0 Å². The van der Waals surface area contributed by atoms with Gasteiger partial charge >= 0.3 is 31.1 Å². The Hall–Kier alpha value is -0.551. The van der Waals surface area contributed by atoms with Crippen molar-refractivity contribution in [2.24, 2.45) is 47.3 Å². The molecule has 0 N–H and O–H groups in total. The van der Waals surface area contributed by atoms with Crippen molar-refractivity contribution in [2.45, 2.75) is 79.6 Å². The molecule has 0 aliphatic heterocycles. The summed E-state index contributed by atoms with van der Waals surface area (Å²) in [5.74, 6) is 7.39. The van der Waals surface area contributed by atoms with Crippen LogP contribution in [-0.4, -0.2) is 8.07 Å². The summed E-state index contributed by atoms with van der Waals surface area (Å²) in [5.41, 5.74) is 4.19. The Morgan fingerprint density at radius 1 is 0.447 bits per heavy atom. The summed E-state index contributed by atoms with van der Waals surface area (Å²) < 4.78 is 0. The van der Waals surface area contributed by atoms with Crippen molar-refractivity contribution in [2.75, 3.05) is 0 Å². The number of rotatable bonds is 2. The van der Waals surface area contributed by atoms with Crippen LogP contribution in [0.3, 0.4) is 0 Å². The molecule has 0 heterocycles. The van der Waals surface area contributed by atoms with E-state index in [4.69, 9.17) is 0 Å². The molecular weight excluding hydrogens is 699 g/mol. The first-order chi connectivity index (χ1) is 16.3. The SMILES string of the molecule is CC1C(C)C(C)C([Si](C)(C)C2C(C)C(C)C(C)C2C)C1C.[CH2-]c1ccccc1.[CH2-]c1ccccc1.[CH3-].[CH3-].[U+4]. The Morgan fingerprint density at radius 2 is 0.658 bits per heavy atom. The Balaban J connectivity index is 0. The molecule has 2 fully saturated rings. The second-order valence-corrected chi connectivity index (χ2v) is 17.7. The van der Waals surface area contributed by atoms with Crippen LogP contribution in [0.1, 0.15) is 66.5 Å². The summed E-state index contributed by atoms with van der Waals surface area (Å²) in [5, 5.41) is 0. The van der Waals surface area contributed by atoms with Crippen LogP contribution in [0, 0.1) is 107 Å². The van der Waals surface area contributed by atoms with Gasteiger partial charge in [-0.05, 0) is 58.4 Å². The maximum absolute atomic E-state index is 3.72. The quantitative estimate of drug-likeness (QED) is 0.211. The maximum atomic E-state index is 3.72. The molecule has 4 rings (SSSR count). The van der Waals surface area contributed by atoms with E-state index < -0.39 is 8.07 Å². The molecule has 2 aliphatic carbocycles. The molecule has 8 unspecified atom stereocenters. The molecule has 2 saturated carbocycles. The van der Waals surface area contributed by atoms with Crippen LogP contribution in [0.5, 0.6) is 0 Å². The third kappa shape index (κ3) is 9.25. The fourth-order valence-corrected chi connectivity index (χ4v) is 15.1. The van der Waals surface area contributed by atoms with Gasteiger partial charge in [0.2, 0.25) is 0 Å². The minimum absolute atomic E-state index is 0. The van der Waals surface area contributed by atoms with Crippen LogP contribution in [0.15, 0.2) is 60.7 Å². The minimum Gasteiger partial charge on any atom is -0.358 e. The van der Waals surface area contributed by atoms with Gasteiger partial charge in [0.1, 0.15) is 0 Å². The second-order valence-electron chi connectivity index (χ2n) is 12.7. The van der Waals surface area contributed by atoms with E-state index in [0.29, 0.717) is 0 Å². The third-order valence-electron chi connectivity index (χ3n) is 10.6. The average Bonchev–Trinajstić information content (AvgIpc) is 3.14. The normalized spacial score (nSPS) is 33.6. The first-order valence-corrected chi connectivity index (χ1v) is 17.2. The zero-order chi connectivity index (χ0) is 26.5. The second kappa shape index (κ2) is 17.3. The van der Waals surface area contributed by atoms with Crippen LogP contribution in [0.2, 0.25) is 24.2 Å². The Bertz CT molecular complexity index is 764. The molecule has 0 nitrogen and oxygen atoms in total. The molecule has 0 spiro atoms. The molecule has 0 amide bonds. The van der Waals surface area contributed by atoms with E-state index in [0.717, 1.165) is 69.6 Å². The van der Waals surface area contributed by atoms with Crippen LogP contribution >= 0.6 is 0 Å². The molecule has 0 saturated heterocycles. The van der Waals surface area contributed by atoms with Crippen molar-refractivity contribution in [3.8, 4) is 0 Å². The summed E-state index contributed by atoms with van der Waals surface area (Å²) in [6, 6.07) is 19.7. The summed E-state index contributed by atoms with van der Waals surface area (Å²) >= 11 is 0. The molecule has 2 aromatic carbocycles. The Morgan fingerprint density at radius 3 is 0.816 bits per heavy atom. The van der Waals surface area contributed by atoms with E-state index in [-0.39, 0.29) is 46.0 Å². The van der Waals surface area contributed by atoms with Crippen LogP contribution in [-0.2, 0) is 0 Å². The van der Waals surface area contributed by atoms with Gasteiger partial charge in [-0.15, -0.1) is 24.3 Å². The predicted octanol–water partition coefficient (Wildman–Crippen LogP) is 11.2. The number of benzene rings is 2. The van der Waals surface area contributed by atoms with E-state index in [2.05, 4.69) is 82.3 Å². The summed E-state index contributed by atoms with van der Waals surface area (Å²) in [6.07, 6.45) is 0. The zero-order valence-corrected chi connectivity index (χ0v) is 32.1.